The number of allylic oxidation sites excluding steroid dienone is 10. The van der Waals surface area contributed by atoms with E-state index in [2.05, 4.69) is 12.2 Å². The first kappa shape index (κ1) is 32.7. The summed E-state index contributed by atoms with van der Waals surface area (Å²) in [6.45, 7) is 21.6. The van der Waals surface area contributed by atoms with Gasteiger partial charge in [-0.2, -0.15) is 0 Å². The Morgan fingerprint density at radius 1 is 0.897 bits per heavy atom. The second kappa shape index (κ2) is 12.4. The summed E-state index contributed by atoms with van der Waals surface area (Å²) in [5.41, 5.74) is 0.583. The van der Waals surface area contributed by atoms with Gasteiger partial charge in [-0.3, -0.25) is 14.4 Å². The van der Waals surface area contributed by atoms with Crippen molar-refractivity contribution in [2.24, 2.45) is 28.1 Å². The Morgan fingerprint density at radius 2 is 1.44 bits per heavy atom. The average molecular weight is 537 g/mol. The van der Waals surface area contributed by atoms with Gasteiger partial charge in [-0.25, -0.2) is 0 Å². The maximum atomic E-state index is 15.0. The van der Waals surface area contributed by atoms with Gasteiger partial charge in [-0.1, -0.05) is 67.4 Å². The molecule has 2 aliphatic carbocycles. The molecule has 4 atom stereocenters. The van der Waals surface area contributed by atoms with Crippen LogP contribution < -0.4 is 0 Å². The standard InChI is InChI=1S/C35H52O4/c1-22(2)13-12-19-33(11)27(16-14-23(3)4)21-34(20-18-25(7)8)30(37)28(17-15-24(5)6)31(38)35(33,32(34)39)29(36)26(9)10/h13-15,18,26-27,37H,12,16-17,19-21H2,1-11H3/t27?,33?,34-,35+/m1/s1. The lowest BCUT2D eigenvalue weighted by molar-refractivity contribution is -0.180. The molecule has 2 unspecified atom stereocenters. The molecule has 2 rings (SSSR count). The minimum absolute atomic E-state index is 0.117. The minimum atomic E-state index is -1.83. The summed E-state index contributed by atoms with van der Waals surface area (Å²) < 4.78 is 0. The molecule has 1 N–H and O–H groups in total. The first-order valence-corrected chi connectivity index (χ1v) is 14.6. The zero-order valence-electron chi connectivity index (χ0n) is 26.4. The van der Waals surface area contributed by atoms with E-state index in [1.165, 1.54) is 5.57 Å². The van der Waals surface area contributed by atoms with Crippen molar-refractivity contribution in [2.75, 3.05) is 0 Å². The Labute approximate surface area is 237 Å². The first-order chi connectivity index (χ1) is 18.0. The van der Waals surface area contributed by atoms with Gasteiger partial charge in [-0.15, -0.1) is 0 Å². The molecule has 216 valence electrons. The van der Waals surface area contributed by atoms with Crippen LogP contribution in [0.1, 0.15) is 115 Å². The fourth-order valence-electron chi connectivity index (χ4n) is 6.71. The van der Waals surface area contributed by atoms with Crippen molar-refractivity contribution in [1.82, 2.24) is 0 Å². The lowest BCUT2D eigenvalue weighted by Gasteiger charge is -2.61. The van der Waals surface area contributed by atoms with Crippen LogP contribution in [-0.2, 0) is 14.4 Å². The molecule has 4 heteroatoms. The van der Waals surface area contributed by atoms with Crippen LogP contribution in [0.4, 0.5) is 0 Å². The largest absolute Gasteiger partial charge is 0.511 e. The van der Waals surface area contributed by atoms with Gasteiger partial charge < -0.3 is 5.11 Å². The maximum absolute atomic E-state index is 15.0. The fraction of sp³-hybridized carbons (Fsp3) is 0.629. The van der Waals surface area contributed by atoms with Crippen molar-refractivity contribution < 1.29 is 19.5 Å². The molecule has 0 aromatic heterocycles. The van der Waals surface area contributed by atoms with Crippen LogP contribution in [0.5, 0.6) is 0 Å². The van der Waals surface area contributed by atoms with Gasteiger partial charge in [0.1, 0.15) is 5.76 Å². The molecule has 0 aromatic carbocycles. The summed E-state index contributed by atoms with van der Waals surface area (Å²) in [4.78, 5) is 44.3. The van der Waals surface area contributed by atoms with E-state index in [1.807, 2.05) is 74.5 Å². The monoisotopic (exact) mass is 536 g/mol. The summed E-state index contributed by atoms with van der Waals surface area (Å²) >= 11 is 0. The SMILES string of the molecule is CC(C)=CCCC1(C)C(CC=C(C)C)C[C@@]2(CC=C(C)C)C(=O)[C@]1(C(=O)C(C)C)C(=O)C(CC=C(C)C)=C2O. The molecule has 0 saturated heterocycles. The molecular weight excluding hydrogens is 484 g/mol. The van der Waals surface area contributed by atoms with Crippen LogP contribution >= 0.6 is 0 Å². The van der Waals surface area contributed by atoms with Crippen LogP contribution in [0.15, 0.2) is 57.9 Å². The molecule has 2 bridgehead atoms. The van der Waals surface area contributed by atoms with Crippen molar-refractivity contribution in [2.45, 2.75) is 115 Å². The number of hydrogen-bond donors (Lipinski definition) is 1. The highest BCUT2D eigenvalue weighted by molar-refractivity contribution is 6.33. The maximum Gasteiger partial charge on any atom is 0.184 e. The zero-order chi connectivity index (χ0) is 29.9. The smallest absolute Gasteiger partial charge is 0.184 e. The highest BCUT2D eigenvalue weighted by Gasteiger charge is 2.75. The third-order valence-electron chi connectivity index (χ3n) is 8.98. The lowest BCUT2D eigenvalue weighted by Crippen LogP contribution is -2.71. The van der Waals surface area contributed by atoms with Crippen molar-refractivity contribution in [3.63, 3.8) is 0 Å². The molecule has 0 spiro atoms. The predicted octanol–water partition coefficient (Wildman–Crippen LogP) is 8.99. The quantitative estimate of drug-likeness (QED) is 0.211. The number of carbonyl (C=O) groups is 3. The molecule has 0 aliphatic heterocycles. The summed E-state index contributed by atoms with van der Waals surface area (Å²) in [6.07, 6.45) is 11.0. The third kappa shape index (κ3) is 5.86. The van der Waals surface area contributed by atoms with Crippen LogP contribution in [0.25, 0.3) is 0 Å². The minimum Gasteiger partial charge on any atom is -0.511 e. The van der Waals surface area contributed by atoms with Gasteiger partial charge in [0.25, 0.3) is 0 Å². The van der Waals surface area contributed by atoms with Gasteiger partial charge in [0, 0.05) is 11.5 Å². The summed E-state index contributed by atoms with van der Waals surface area (Å²) in [6, 6.07) is 0. The van der Waals surface area contributed by atoms with Gasteiger partial charge >= 0.3 is 0 Å². The Morgan fingerprint density at radius 3 is 1.92 bits per heavy atom. The molecule has 1 saturated carbocycles. The van der Waals surface area contributed by atoms with E-state index in [9.17, 15) is 19.5 Å². The van der Waals surface area contributed by atoms with Gasteiger partial charge in [0.15, 0.2) is 22.8 Å². The van der Waals surface area contributed by atoms with E-state index in [0.29, 0.717) is 25.7 Å². The number of aliphatic hydroxyl groups excluding tert-OH is 1. The highest BCUT2D eigenvalue weighted by atomic mass is 16.3. The fourth-order valence-corrected chi connectivity index (χ4v) is 6.71. The summed E-state index contributed by atoms with van der Waals surface area (Å²) in [5.74, 6) is -1.93. The normalized spacial score (nSPS) is 28.3. The lowest BCUT2D eigenvalue weighted by atomic mass is 9.38. The number of fused-ring (bicyclic) bond motifs is 2. The number of carbonyl (C=O) groups excluding carboxylic acids is 3. The highest BCUT2D eigenvalue weighted by Crippen LogP contribution is 2.67. The number of aliphatic hydroxyl groups is 1. The third-order valence-corrected chi connectivity index (χ3v) is 8.98. The molecular formula is C35H52O4. The molecule has 1 fully saturated rings. The number of Topliss-reactive ketones (excluding diaryl/α,β-unsaturated/α-hetero) is 3. The van der Waals surface area contributed by atoms with E-state index >= 15 is 0 Å². The Bertz CT molecular complexity index is 1140. The van der Waals surface area contributed by atoms with E-state index in [4.69, 9.17) is 0 Å². The number of ketones is 3. The second-order valence-corrected chi connectivity index (χ2v) is 13.5. The van der Waals surface area contributed by atoms with Crippen molar-refractivity contribution >= 4 is 17.3 Å². The molecule has 0 radical (unpaired) electrons. The van der Waals surface area contributed by atoms with E-state index < -0.39 is 27.9 Å². The second-order valence-electron chi connectivity index (χ2n) is 13.5. The van der Waals surface area contributed by atoms with Gasteiger partial charge in [-0.05, 0) is 105 Å². The van der Waals surface area contributed by atoms with Crippen molar-refractivity contribution in [1.29, 1.82) is 0 Å². The number of hydrogen-bond acceptors (Lipinski definition) is 4. The topological polar surface area (TPSA) is 71.4 Å². The number of rotatable bonds is 11. The Balaban J connectivity index is 3.09. The van der Waals surface area contributed by atoms with E-state index in [0.717, 1.165) is 16.7 Å². The van der Waals surface area contributed by atoms with Gasteiger partial charge in [0.05, 0.1) is 5.41 Å². The van der Waals surface area contributed by atoms with Crippen LogP contribution in [-0.4, -0.2) is 22.5 Å². The molecule has 0 aromatic rings. The first-order valence-electron chi connectivity index (χ1n) is 14.6. The van der Waals surface area contributed by atoms with Crippen molar-refractivity contribution in [3.05, 3.63) is 57.9 Å². The Hall–Kier alpha value is -2.49. The van der Waals surface area contributed by atoms with E-state index in [-0.39, 0.29) is 41.7 Å². The van der Waals surface area contributed by atoms with Crippen LogP contribution in [0.3, 0.4) is 0 Å². The van der Waals surface area contributed by atoms with Crippen LogP contribution in [0, 0.1) is 28.1 Å². The van der Waals surface area contributed by atoms with Gasteiger partial charge in [0.2, 0.25) is 0 Å². The molecule has 39 heavy (non-hydrogen) atoms. The predicted molar refractivity (Wildman–Crippen MR) is 161 cm³/mol. The van der Waals surface area contributed by atoms with Crippen LogP contribution in [0.2, 0.25) is 0 Å². The van der Waals surface area contributed by atoms with E-state index in [1.54, 1.807) is 13.8 Å². The summed E-state index contributed by atoms with van der Waals surface area (Å²) in [7, 11) is 0. The molecule has 0 heterocycles. The summed E-state index contributed by atoms with van der Waals surface area (Å²) in [5, 5.41) is 11.9. The average Bonchev–Trinajstić information content (AvgIpc) is 2.81. The Kier molecular flexibility index (Phi) is 10.4. The molecule has 4 nitrogen and oxygen atoms in total. The molecule has 0 amide bonds. The molecule has 2 aliphatic rings. The zero-order valence-corrected chi connectivity index (χ0v) is 26.4. The van der Waals surface area contributed by atoms with Crippen molar-refractivity contribution in [3.8, 4) is 0 Å².